The van der Waals surface area contributed by atoms with Crippen LogP contribution in [0.1, 0.15) is 46.2 Å². The van der Waals surface area contributed by atoms with Crippen LogP contribution >= 0.6 is 0 Å². The Labute approximate surface area is 239 Å². The molecular formula is C34H31N3O4. The summed E-state index contributed by atoms with van der Waals surface area (Å²) in [6, 6.07) is 27.4. The molecule has 1 aliphatic carbocycles. The number of nitrogens with one attached hydrogen (secondary N) is 1. The minimum Gasteiger partial charge on any atom is -0.493 e. The van der Waals surface area contributed by atoms with E-state index < -0.39 is 4.92 Å². The molecule has 4 aromatic rings. The lowest BCUT2D eigenvalue weighted by molar-refractivity contribution is -0.384. The quantitative estimate of drug-likeness (QED) is 0.105. The van der Waals surface area contributed by atoms with E-state index in [2.05, 4.69) is 71.8 Å². The lowest BCUT2D eigenvalue weighted by atomic mass is 9.76. The molecule has 7 nitrogen and oxygen atoms in total. The number of aliphatic imine (C=N–C) groups is 1. The van der Waals surface area contributed by atoms with Gasteiger partial charge in [-0.3, -0.25) is 15.1 Å². The zero-order chi connectivity index (χ0) is 28.3. The van der Waals surface area contributed by atoms with Gasteiger partial charge < -0.3 is 14.8 Å². The van der Waals surface area contributed by atoms with Crippen LogP contribution in [0.25, 0.3) is 0 Å². The standard InChI is InChI=1S/C34H31N3O4/c1-22-6-16-31-30(18-22)28-4-3-5-29(28)34(36-31)25-10-12-26(13-11-25)35-20-24-9-17-32(33(19-24)40-2)41-21-23-7-14-27(15-8-23)37(38)39/h3-4,6-20,28-29,34,36H,5,21H2,1-2H3/t28-,29-,34-/m0/s1. The molecule has 4 aromatic carbocycles. The van der Waals surface area contributed by atoms with Crippen molar-refractivity contribution in [2.45, 2.75) is 31.9 Å². The monoisotopic (exact) mass is 545 g/mol. The third-order valence-electron chi connectivity index (χ3n) is 7.86. The largest absolute Gasteiger partial charge is 0.493 e. The van der Waals surface area contributed by atoms with Crippen molar-refractivity contribution in [1.29, 1.82) is 0 Å². The molecule has 3 atom stereocenters. The van der Waals surface area contributed by atoms with Crippen molar-refractivity contribution in [3.05, 3.63) is 135 Å². The maximum absolute atomic E-state index is 10.9. The molecule has 0 aromatic heterocycles. The van der Waals surface area contributed by atoms with Gasteiger partial charge in [-0.05, 0) is 90.0 Å². The summed E-state index contributed by atoms with van der Waals surface area (Å²) < 4.78 is 11.4. The zero-order valence-electron chi connectivity index (χ0n) is 23.0. The minimum absolute atomic E-state index is 0.0517. The summed E-state index contributed by atoms with van der Waals surface area (Å²) in [4.78, 5) is 15.1. The SMILES string of the molecule is COc1cc(C=Nc2ccc([C@@H]3Nc4ccc(C)cc4[C@H]4C=CC[C@@H]43)cc2)ccc1OCc1ccc([N+](=O)[O-])cc1. The Bertz CT molecular complexity index is 1630. The molecule has 1 heterocycles. The molecule has 7 heteroatoms. The average molecular weight is 546 g/mol. The molecular weight excluding hydrogens is 514 g/mol. The lowest BCUT2D eigenvalue weighted by Gasteiger charge is -2.37. The van der Waals surface area contributed by atoms with E-state index in [1.807, 2.05) is 24.4 Å². The van der Waals surface area contributed by atoms with Crippen LogP contribution in [0, 0.1) is 23.0 Å². The summed E-state index contributed by atoms with van der Waals surface area (Å²) in [5.41, 5.74) is 7.83. The van der Waals surface area contributed by atoms with Crippen molar-refractivity contribution >= 4 is 23.3 Å². The number of hydrogen-bond acceptors (Lipinski definition) is 6. The van der Waals surface area contributed by atoms with Gasteiger partial charge >= 0.3 is 0 Å². The number of fused-ring (bicyclic) bond motifs is 3. The molecule has 0 bridgehead atoms. The number of aryl methyl sites for hydroxylation is 1. The Kier molecular flexibility index (Phi) is 7.25. The van der Waals surface area contributed by atoms with E-state index in [9.17, 15) is 10.1 Å². The van der Waals surface area contributed by atoms with E-state index in [0.717, 1.165) is 23.2 Å². The summed E-state index contributed by atoms with van der Waals surface area (Å²) >= 11 is 0. The van der Waals surface area contributed by atoms with Crippen LogP contribution in [0.4, 0.5) is 17.1 Å². The number of methoxy groups -OCH3 is 1. The van der Waals surface area contributed by atoms with Gasteiger partial charge in [0.2, 0.25) is 0 Å². The summed E-state index contributed by atoms with van der Waals surface area (Å²) in [5, 5.41) is 14.7. The van der Waals surface area contributed by atoms with Crippen molar-refractivity contribution in [2.75, 3.05) is 12.4 Å². The van der Waals surface area contributed by atoms with E-state index >= 15 is 0 Å². The predicted octanol–water partition coefficient (Wildman–Crippen LogP) is 8.07. The Morgan fingerprint density at radius 1 is 1.00 bits per heavy atom. The Morgan fingerprint density at radius 2 is 1.80 bits per heavy atom. The first-order valence-electron chi connectivity index (χ1n) is 13.7. The fourth-order valence-electron chi connectivity index (χ4n) is 5.72. The van der Waals surface area contributed by atoms with Gasteiger partial charge in [0.05, 0.1) is 23.8 Å². The van der Waals surface area contributed by atoms with Crippen molar-refractivity contribution in [1.82, 2.24) is 0 Å². The number of allylic oxidation sites excluding steroid dienone is 2. The second-order valence-electron chi connectivity index (χ2n) is 10.5. The van der Waals surface area contributed by atoms with Crippen LogP contribution < -0.4 is 14.8 Å². The smallest absolute Gasteiger partial charge is 0.269 e. The average Bonchev–Trinajstić information content (AvgIpc) is 3.50. The fraction of sp³-hybridized carbons (Fsp3) is 0.206. The first kappa shape index (κ1) is 26.3. The van der Waals surface area contributed by atoms with E-state index in [-0.39, 0.29) is 18.3 Å². The van der Waals surface area contributed by atoms with Crippen molar-refractivity contribution in [3.63, 3.8) is 0 Å². The number of anilines is 1. The highest BCUT2D eigenvalue weighted by Gasteiger charge is 2.37. The fourth-order valence-corrected chi connectivity index (χ4v) is 5.72. The van der Waals surface area contributed by atoms with Gasteiger partial charge in [-0.2, -0.15) is 0 Å². The van der Waals surface area contributed by atoms with E-state index in [1.165, 1.54) is 34.5 Å². The first-order valence-corrected chi connectivity index (χ1v) is 13.7. The second-order valence-corrected chi connectivity index (χ2v) is 10.5. The zero-order valence-corrected chi connectivity index (χ0v) is 23.0. The number of ether oxygens (including phenoxy) is 2. The number of benzene rings is 4. The molecule has 0 radical (unpaired) electrons. The molecule has 1 aliphatic heterocycles. The Morgan fingerprint density at radius 3 is 2.56 bits per heavy atom. The number of nitro groups is 1. The summed E-state index contributed by atoms with van der Waals surface area (Å²) in [6.07, 6.45) is 7.58. The molecule has 2 aliphatic rings. The summed E-state index contributed by atoms with van der Waals surface area (Å²) in [6.45, 7) is 2.43. The highest BCUT2D eigenvalue weighted by atomic mass is 16.6. The predicted molar refractivity (Wildman–Crippen MR) is 162 cm³/mol. The molecule has 206 valence electrons. The number of rotatable bonds is 8. The second kappa shape index (κ2) is 11.3. The van der Waals surface area contributed by atoms with Gasteiger partial charge in [0, 0.05) is 30.0 Å². The molecule has 0 amide bonds. The number of non-ortho nitro benzene ring substituents is 1. The maximum Gasteiger partial charge on any atom is 0.269 e. The topological polar surface area (TPSA) is 86.0 Å². The Hall–Kier alpha value is -4.91. The summed E-state index contributed by atoms with van der Waals surface area (Å²) in [7, 11) is 1.59. The van der Waals surface area contributed by atoms with Crippen LogP contribution in [0.5, 0.6) is 11.5 Å². The van der Waals surface area contributed by atoms with Crippen molar-refractivity contribution in [2.24, 2.45) is 10.9 Å². The highest BCUT2D eigenvalue weighted by molar-refractivity contribution is 5.83. The van der Waals surface area contributed by atoms with E-state index in [4.69, 9.17) is 9.47 Å². The van der Waals surface area contributed by atoms with E-state index in [0.29, 0.717) is 23.3 Å². The molecule has 0 spiro atoms. The van der Waals surface area contributed by atoms with Gasteiger partial charge in [-0.25, -0.2) is 0 Å². The lowest BCUT2D eigenvalue weighted by Crippen LogP contribution is -2.29. The molecule has 6 rings (SSSR count). The molecule has 1 N–H and O–H groups in total. The van der Waals surface area contributed by atoms with Gasteiger partial charge in [0.15, 0.2) is 11.5 Å². The van der Waals surface area contributed by atoms with Gasteiger partial charge in [0.25, 0.3) is 5.69 Å². The van der Waals surface area contributed by atoms with E-state index in [1.54, 1.807) is 19.2 Å². The van der Waals surface area contributed by atoms with Crippen LogP contribution in [0.2, 0.25) is 0 Å². The minimum atomic E-state index is -0.418. The maximum atomic E-state index is 10.9. The molecule has 0 saturated carbocycles. The highest BCUT2D eigenvalue weighted by Crippen LogP contribution is 2.50. The Balaban J connectivity index is 1.12. The van der Waals surface area contributed by atoms with Gasteiger partial charge in [0.1, 0.15) is 6.61 Å². The number of nitro benzene ring substituents is 1. The van der Waals surface area contributed by atoms with Crippen LogP contribution in [-0.2, 0) is 6.61 Å². The molecule has 0 saturated heterocycles. The normalized spacial score (nSPS) is 18.9. The van der Waals surface area contributed by atoms with Crippen LogP contribution in [-0.4, -0.2) is 18.2 Å². The number of nitrogens with zero attached hydrogens (tertiary/aromatic N) is 2. The third-order valence-corrected chi connectivity index (χ3v) is 7.86. The van der Waals surface area contributed by atoms with Crippen molar-refractivity contribution in [3.8, 4) is 11.5 Å². The summed E-state index contributed by atoms with van der Waals surface area (Å²) in [5.74, 6) is 2.13. The van der Waals surface area contributed by atoms with Crippen LogP contribution in [0.15, 0.2) is 102 Å². The molecule has 0 unspecified atom stereocenters. The first-order chi connectivity index (χ1) is 20.0. The molecule has 0 fully saturated rings. The van der Waals surface area contributed by atoms with Gasteiger partial charge in [-0.1, -0.05) is 42.0 Å². The van der Waals surface area contributed by atoms with Crippen molar-refractivity contribution < 1.29 is 14.4 Å². The molecule has 41 heavy (non-hydrogen) atoms. The number of hydrogen-bond donors (Lipinski definition) is 1. The van der Waals surface area contributed by atoms with Crippen LogP contribution in [0.3, 0.4) is 0 Å². The van der Waals surface area contributed by atoms with Gasteiger partial charge in [-0.15, -0.1) is 0 Å². The third kappa shape index (κ3) is 5.57.